The van der Waals surface area contributed by atoms with Gasteiger partial charge in [-0.25, -0.2) is 4.79 Å². The van der Waals surface area contributed by atoms with Crippen LogP contribution in [0.15, 0.2) is 34.9 Å². The Hall–Kier alpha value is -2.34. The van der Waals surface area contributed by atoms with Gasteiger partial charge in [0.15, 0.2) is 0 Å². The molecular weight excluding hydrogens is 318 g/mol. The summed E-state index contributed by atoms with van der Waals surface area (Å²) in [4.78, 5) is 14.4. The number of aliphatic hydroxyl groups is 1. The Kier molecular flexibility index (Phi) is 5.85. The van der Waals surface area contributed by atoms with E-state index < -0.39 is 5.60 Å². The van der Waals surface area contributed by atoms with Crippen LogP contribution < -0.4 is 5.32 Å². The molecule has 1 heterocycles. The molecule has 0 radical (unpaired) electrons. The van der Waals surface area contributed by atoms with Crippen LogP contribution in [-0.4, -0.2) is 33.3 Å². The van der Waals surface area contributed by atoms with Crippen molar-refractivity contribution in [2.75, 3.05) is 6.54 Å². The molecule has 1 aromatic heterocycles. The lowest BCUT2D eigenvalue weighted by atomic mass is 10.1. The molecule has 0 fully saturated rings. The fourth-order valence-electron chi connectivity index (χ4n) is 2.93. The van der Waals surface area contributed by atoms with Crippen LogP contribution in [0.1, 0.15) is 49.4 Å². The van der Waals surface area contributed by atoms with Crippen molar-refractivity contribution in [3.63, 3.8) is 0 Å². The van der Waals surface area contributed by atoms with Gasteiger partial charge in [-0.2, -0.15) is 0 Å². The van der Waals surface area contributed by atoms with E-state index in [9.17, 15) is 9.90 Å². The molecule has 1 atom stereocenters. The Labute approximate surface area is 148 Å². The first kappa shape index (κ1) is 19.0. The zero-order valence-electron chi connectivity index (χ0n) is 15.5. The number of amides is 2. The van der Waals surface area contributed by atoms with E-state index in [4.69, 9.17) is 4.52 Å². The smallest absolute Gasteiger partial charge is 0.318 e. The number of urea groups is 1. The van der Waals surface area contributed by atoms with Crippen molar-refractivity contribution in [1.82, 2.24) is 15.4 Å². The van der Waals surface area contributed by atoms with Crippen LogP contribution in [0.4, 0.5) is 4.79 Å². The number of nitrogens with one attached hydrogen (secondary N) is 1. The van der Waals surface area contributed by atoms with Gasteiger partial charge in [-0.1, -0.05) is 35.5 Å². The lowest BCUT2D eigenvalue weighted by molar-refractivity contribution is 0.0442. The van der Waals surface area contributed by atoms with Crippen LogP contribution in [0, 0.1) is 13.8 Å². The first-order valence-corrected chi connectivity index (χ1v) is 8.42. The van der Waals surface area contributed by atoms with Crippen LogP contribution in [-0.2, 0) is 6.54 Å². The number of carbonyl (C=O) groups is 1. The summed E-state index contributed by atoms with van der Waals surface area (Å²) < 4.78 is 5.18. The summed E-state index contributed by atoms with van der Waals surface area (Å²) in [5.41, 5.74) is 1.67. The van der Waals surface area contributed by atoms with Gasteiger partial charge in [-0.05, 0) is 40.2 Å². The van der Waals surface area contributed by atoms with Crippen LogP contribution in [0.25, 0.3) is 0 Å². The summed E-state index contributed by atoms with van der Waals surface area (Å²) in [7, 11) is 0. The number of aromatic nitrogens is 1. The first-order chi connectivity index (χ1) is 11.7. The number of hydrogen-bond donors (Lipinski definition) is 2. The average Bonchev–Trinajstić information content (AvgIpc) is 2.85. The molecule has 136 valence electrons. The lowest BCUT2D eigenvalue weighted by Crippen LogP contribution is -2.47. The van der Waals surface area contributed by atoms with Crippen molar-refractivity contribution in [3.8, 4) is 0 Å². The van der Waals surface area contributed by atoms with Crippen molar-refractivity contribution in [2.45, 2.75) is 52.8 Å². The van der Waals surface area contributed by atoms with Crippen LogP contribution in [0.5, 0.6) is 0 Å². The van der Waals surface area contributed by atoms with E-state index in [-0.39, 0.29) is 18.6 Å². The second-order valence-corrected chi connectivity index (χ2v) is 7.06. The maximum absolute atomic E-state index is 12.8. The number of aryl methyl sites for hydroxylation is 2. The molecule has 0 aliphatic carbocycles. The Balaban J connectivity index is 2.14. The Morgan fingerprint density at radius 2 is 1.96 bits per heavy atom. The predicted octanol–water partition coefficient (Wildman–Crippen LogP) is 3.34. The molecule has 0 bridgehead atoms. The number of rotatable bonds is 6. The molecule has 0 saturated heterocycles. The van der Waals surface area contributed by atoms with Gasteiger partial charge < -0.3 is 19.8 Å². The third kappa shape index (κ3) is 5.32. The van der Waals surface area contributed by atoms with Gasteiger partial charge in [0.2, 0.25) is 0 Å². The van der Waals surface area contributed by atoms with E-state index in [0.717, 1.165) is 16.8 Å². The lowest BCUT2D eigenvalue weighted by Gasteiger charge is -2.30. The van der Waals surface area contributed by atoms with Gasteiger partial charge in [-0.3, -0.25) is 0 Å². The molecule has 25 heavy (non-hydrogen) atoms. The predicted molar refractivity (Wildman–Crippen MR) is 96.1 cm³/mol. The monoisotopic (exact) mass is 345 g/mol. The minimum atomic E-state index is -0.988. The zero-order chi connectivity index (χ0) is 18.6. The number of carbonyl (C=O) groups excluding carboxylic acids is 1. The van der Waals surface area contributed by atoms with E-state index in [1.165, 1.54) is 0 Å². The van der Waals surface area contributed by atoms with Crippen molar-refractivity contribution in [2.24, 2.45) is 0 Å². The standard InChI is InChI=1S/C19H27N3O3/c1-13(17-14(2)21-25-15(17)3)20-18(23)22(12-19(4,5)24)11-16-9-7-6-8-10-16/h6-10,13,24H,11-12H2,1-5H3,(H,20,23)/t13-/m0/s1. The first-order valence-electron chi connectivity index (χ1n) is 8.42. The number of benzene rings is 1. The molecule has 2 amide bonds. The average molecular weight is 345 g/mol. The molecule has 0 aliphatic heterocycles. The van der Waals surface area contributed by atoms with Crippen molar-refractivity contribution in [1.29, 1.82) is 0 Å². The summed E-state index contributed by atoms with van der Waals surface area (Å²) in [6.45, 7) is 9.61. The van der Waals surface area contributed by atoms with E-state index in [1.54, 1.807) is 18.7 Å². The van der Waals surface area contributed by atoms with E-state index in [1.807, 2.05) is 51.1 Å². The zero-order valence-corrected chi connectivity index (χ0v) is 15.5. The number of hydrogen-bond acceptors (Lipinski definition) is 4. The molecule has 0 unspecified atom stereocenters. The third-order valence-electron chi connectivity index (χ3n) is 3.94. The largest absolute Gasteiger partial charge is 0.389 e. The highest BCUT2D eigenvalue weighted by atomic mass is 16.5. The summed E-state index contributed by atoms with van der Waals surface area (Å²) >= 11 is 0. The molecule has 6 heteroatoms. The maximum Gasteiger partial charge on any atom is 0.318 e. The van der Waals surface area contributed by atoms with Gasteiger partial charge in [0.1, 0.15) is 5.76 Å². The minimum absolute atomic E-state index is 0.224. The maximum atomic E-state index is 12.8. The van der Waals surface area contributed by atoms with E-state index >= 15 is 0 Å². The molecule has 2 rings (SSSR count). The fourth-order valence-corrected chi connectivity index (χ4v) is 2.93. The Morgan fingerprint density at radius 1 is 1.32 bits per heavy atom. The minimum Gasteiger partial charge on any atom is -0.389 e. The summed E-state index contributed by atoms with van der Waals surface area (Å²) in [5.74, 6) is 0.697. The van der Waals surface area contributed by atoms with E-state index in [2.05, 4.69) is 10.5 Å². The molecule has 1 aromatic carbocycles. The molecule has 0 saturated carbocycles. The van der Waals surface area contributed by atoms with Crippen molar-refractivity contribution >= 4 is 6.03 Å². The van der Waals surface area contributed by atoms with Gasteiger partial charge >= 0.3 is 6.03 Å². The highest BCUT2D eigenvalue weighted by Gasteiger charge is 2.25. The molecule has 2 N–H and O–H groups in total. The molecule has 2 aromatic rings. The summed E-state index contributed by atoms with van der Waals surface area (Å²) in [6.07, 6.45) is 0. The van der Waals surface area contributed by atoms with Crippen LogP contribution >= 0.6 is 0 Å². The number of nitrogens with zero attached hydrogens (tertiary/aromatic N) is 2. The SMILES string of the molecule is Cc1noc(C)c1[C@H](C)NC(=O)N(Cc1ccccc1)CC(C)(C)O. The van der Waals surface area contributed by atoms with Gasteiger partial charge in [-0.15, -0.1) is 0 Å². The van der Waals surface area contributed by atoms with Crippen molar-refractivity contribution < 1.29 is 14.4 Å². The Morgan fingerprint density at radius 3 is 2.48 bits per heavy atom. The second kappa shape index (κ2) is 7.70. The highest BCUT2D eigenvalue weighted by molar-refractivity contribution is 5.75. The van der Waals surface area contributed by atoms with Gasteiger partial charge in [0.25, 0.3) is 0 Å². The highest BCUT2D eigenvalue weighted by Crippen LogP contribution is 2.21. The quantitative estimate of drug-likeness (QED) is 0.842. The normalized spacial score (nSPS) is 12.7. The van der Waals surface area contributed by atoms with Crippen LogP contribution in [0.3, 0.4) is 0 Å². The van der Waals surface area contributed by atoms with Gasteiger partial charge in [0, 0.05) is 12.1 Å². The fraction of sp³-hybridized carbons (Fsp3) is 0.474. The summed E-state index contributed by atoms with van der Waals surface area (Å²) in [5, 5.41) is 17.1. The third-order valence-corrected chi connectivity index (χ3v) is 3.94. The summed E-state index contributed by atoms with van der Waals surface area (Å²) in [6, 6.07) is 9.25. The molecule has 6 nitrogen and oxygen atoms in total. The van der Waals surface area contributed by atoms with Gasteiger partial charge in [0.05, 0.1) is 23.9 Å². The van der Waals surface area contributed by atoms with E-state index in [0.29, 0.717) is 12.3 Å². The second-order valence-electron chi connectivity index (χ2n) is 7.06. The topological polar surface area (TPSA) is 78.6 Å². The van der Waals surface area contributed by atoms with Crippen molar-refractivity contribution in [3.05, 3.63) is 52.9 Å². The molecule has 0 aliphatic rings. The molecular formula is C19H27N3O3. The van der Waals surface area contributed by atoms with Crippen LogP contribution in [0.2, 0.25) is 0 Å². The Bertz CT molecular complexity index is 685. The molecule has 0 spiro atoms.